The highest BCUT2D eigenvalue weighted by Crippen LogP contribution is 2.23. The van der Waals surface area contributed by atoms with Gasteiger partial charge in [0.2, 0.25) is 5.91 Å². The molecule has 1 unspecified atom stereocenters. The summed E-state index contributed by atoms with van der Waals surface area (Å²) >= 11 is 5.92. The van der Waals surface area contributed by atoms with E-state index in [2.05, 4.69) is 10.6 Å². The monoisotopic (exact) mass is 360 g/mol. The van der Waals surface area contributed by atoms with Crippen molar-refractivity contribution >= 4 is 29.1 Å². The molecule has 2 N–H and O–H groups in total. The molecule has 0 heterocycles. The van der Waals surface area contributed by atoms with Gasteiger partial charge in [-0.1, -0.05) is 23.7 Å². The third-order valence-corrected chi connectivity index (χ3v) is 3.91. The van der Waals surface area contributed by atoms with Crippen LogP contribution in [0.5, 0.6) is 5.75 Å². The van der Waals surface area contributed by atoms with Crippen LogP contribution in [0.25, 0.3) is 0 Å². The summed E-state index contributed by atoms with van der Waals surface area (Å²) in [5.74, 6) is 0.304. The Hall–Kier alpha value is -2.53. The van der Waals surface area contributed by atoms with Crippen LogP contribution in [0.4, 0.5) is 5.69 Å². The zero-order chi connectivity index (χ0) is 18.4. The highest BCUT2D eigenvalue weighted by molar-refractivity contribution is 6.30. The van der Waals surface area contributed by atoms with Crippen LogP contribution in [-0.2, 0) is 16.0 Å². The van der Waals surface area contributed by atoms with Gasteiger partial charge in [-0.2, -0.15) is 0 Å². The molecule has 2 rings (SSSR count). The van der Waals surface area contributed by atoms with Crippen molar-refractivity contribution in [2.75, 3.05) is 12.4 Å². The van der Waals surface area contributed by atoms with Crippen molar-refractivity contribution in [2.45, 2.75) is 26.4 Å². The fourth-order valence-corrected chi connectivity index (χ4v) is 2.44. The van der Waals surface area contributed by atoms with Crippen molar-refractivity contribution in [3.8, 4) is 5.75 Å². The molecule has 0 spiro atoms. The largest absolute Gasteiger partial charge is 0.481 e. The van der Waals surface area contributed by atoms with Gasteiger partial charge in [-0.3, -0.25) is 9.59 Å². The topological polar surface area (TPSA) is 67.4 Å². The molecule has 0 fully saturated rings. The number of ether oxygens (including phenoxy) is 1. The fourth-order valence-electron chi connectivity index (χ4n) is 2.21. The molecular formula is C19H21ClN2O3. The first-order chi connectivity index (χ1) is 11.9. The summed E-state index contributed by atoms with van der Waals surface area (Å²) in [7, 11) is 1.60. The second-order valence-corrected chi connectivity index (χ2v) is 6.14. The summed E-state index contributed by atoms with van der Waals surface area (Å²) < 4.78 is 5.70. The molecule has 132 valence electrons. The number of amides is 2. The van der Waals surface area contributed by atoms with E-state index in [9.17, 15) is 9.59 Å². The van der Waals surface area contributed by atoms with Gasteiger partial charge in [0, 0.05) is 17.8 Å². The molecule has 2 amide bonds. The lowest BCUT2D eigenvalue weighted by Gasteiger charge is -2.16. The van der Waals surface area contributed by atoms with E-state index in [1.807, 2.05) is 6.92 Å². The first-order valence-corrected chi connectivity index (χ1v) is 8.30. The second kappa shape index (κ2) is 8.53. The molecular weight excluding hydrogens is 340 g/mol. The molecule has 0 aliphatic heterocycles. The van der Waals surface area contributed by atoms with Crippen molar-refractivity contribution in [2.24, 2.45) is 0 Å². The van der Waals surface area contributed by atoms with Crippen molar-refractivity contribution in [1.29, 1.82) is 0 Å². The van der Waals surface area contributed by atoms with Crippen LogP contribution in [0.2, 0.25) is 5.02 Å². The van der Waals surface area contributed by atoms with E-state index in [-0.39, 0.29) is 11.8 Å². The second-order valence-electron chi connectivity index (χ2n) is 5.71. The minimum Gasteiger partial charge on any atom is -0.481 e. The van der Waals surface area contributed by atoms with Crippen LogP contribution >= 0.6 is 11.6 Å². The summed E-state index contributed by atoms with van der Waals surface area (Å²) in [5, 5.41) is 5.99. The number of halogens is 1. The number of carbonyl (C=O) groups is 2. The molecule has 0 aromatic heterocycles. The standard InChI is InChI=1S/C19H21ClN2O3/c1-12-10-15(20)6-9-17(12)25-13(2)19(24)22-16-7-4-14(5-8-16)11-18(23)21-3/h4-10,13H,11H2,1-3H3,(H,21,23)(H,22,24). The Balaban J connectivity index is 1.95. The molecule has 25 heavy (non-hydrogen) atoms. The number of hydrogen-bond donors (Lipinski definition) is 2. The first kappa shape index (κ1) is 18.8. The van der Waals surface area contributed by atoms with Gasteiger partial charge in [0.15, 0.2) is 6.10 Å². The minimum atomic E-state index is -0.662. The Morgan fingerprint density at radius 2 is 1.84 bits per heavy atom. The third kappa shape index (κ3) is 5.50. The van der Waals surface area contributed by atoms with Gasteiger partial charge in [0.25, 0.3) is 5.91 Å². The summed E-state index contributed by atoms with van der Waals surface area (Å²) in [6, 6.07) is 12.4. The quantitative estimate of drug-likeness (QED) is 0.830. The van der Waals surface area contributed by atoms with E-state index in [0.717, 1.165) is 11.1 Å². The Bertz CT molecular complexity index is 760. The van der Waals surface area contributed by atoms with Crippen LogP contribution in [0.3, 0.4) is 0 Å². The van der Waals surface area contributed by atoms with E-state index >= 15 is 0 Å². The van der Waals surface area contributed by atoms with Crippen LogP contribution in [0, 0.1) is 6.92 Å². The number of carbonyl (C=O) groups excluding carboxylic acids is 2. The van der Waals surface area contributed by atoms with Crippen molar-refractivity contribution in [3.63, 3.8) is 0 Å². The van der Waals surface area contributed by atoms with Gasteiger partial charge < -0.3 is 15.4 Å². The number of benzene rings is 2. The third-order valence-electron chi connectivity index (χ3n) is 3.67. The number of nitrogens with one attached hydrogen (secondary N) is 2. The molecule has 2 aromatic carbocycles. The molecule has 0 saturated heterocycles. The summed E-state index contributed by atoms with van der Waals surface area (Å²) in [4.78, 5) is 23.6. The number of anilines is 1. The minimum absolute atomic E-state index is 0.0582. The van der Waals surface area contributed by atoms with E-state index in [0.29, 0.717) is 22.9 Å². The maximum atomic E-state index is 12.3. The first-order valence-electron chi connectivity index (χ1n) is 7.92. The predicted octanol–water partition coefficient (Wildman–Crippen LogP) is 3.34. The van der Waals surface area contributed by atoms with E-state index in [4.69, 9.17) is 16.3 Å². The number of aryl methyl sites for hydroxylation is 1. The van der Waals surface area contributed by atoms with Gasteiger partial charge in [-0.25, -0.2) is 0 Å². The molecule has 6 heteroatoms. The maximum absolute atomic E-state index is 12.3. The number of hydrogen-bond acceptors (Lipinski definition) is 3. The van der Waals surface area contributed by atoms with Crippen LogP contribution in [0.1, 0.15) is 18.1 Å². The van der Waals surface area contributed by atoms with Crippen molar-refractivity contribution in [3.05, 3.63) is 58.6 Å². The van der Waals surface area contributed by atoms with Crippen molar-refractivity contribution < 1.29 is 14.3 Å². The van der Waals surface area contributed by atoms with Crippen LogP contribution in [-0.4, -0.2) is 25.0 Å². The lowest BCUT2D eigenvalue weighted by Crippen LogP contribution is -2.30. The summed E-state index contributed by atoms with van der Waals surface area (Å²) in [5.41, 5.74) is 2.39. The molecule has 0 bridgehead atoms. The normalized spacial score (nSPS) is 11.5. The van der Waals surface area contributed by atoms with Crippen LogP contribution in [0.15, 0.2) is 42.5 Å². The van der Waals surface area contributed by atoms with E-state index in [1.165, 1.54) is 0 Å². The molecule has 1 atom stereocenters. The molecule has 5 nitrogen and oxygen atoms in total. The SMILES string of the molecule is CNC(=O)Cc1ccc(NC(=O)C(C)Oc2ccc(Cl)cc2C)cc1. The highest BCUT2D eigenvalue weighted by atomic mass is 35.5. The predicted molar refractivity (Wildman–Crippen MR) is 99.1 cm³/mol. The van der Waals surface area contributed by atoms with E-state index < -0.39 is 6.10 Å². The fraction of sp³-hybridized carbons (Fsp3) is 0.263. The average Bonchev–Trinajstić information content (AvgIpc) is 2.58. The van der Waals surface area contributed by atoms with Gasteiger partial charge >= 0.3 is 0 Å². The highest BCUT2D eigenvalue weighted by Gasteiger charge is 2.16. The lowest BCUT2D eigenvalue weighted by molar-refractivity contribution is -0.122. The molecule has 0 aliphatic rings. The Morgan fingerprint density at radius 3 is 2.44 bits per heavy atom. The molecule has 0 radical (unpaired) electrons. The van der Waals surface area contributed by atoms with Crippen LogP contribution < -0.4 is 15.4 Å². The molecule has 2 aromatic rings. The van der Waals surface area contributed by atoms with Gasteiger partial charge in [-0.05, 0) is 55.3 Å². The molecule has 0 aliphatic carbocycles. The Labute approximate surface area is 152 Å². The van der Waals surface area contributed by atoms with E-state index in [1.54, 1.807) is 56.4 Å². The number of likely N-dealkylation sites (N-methyl/N-ethyl adjacent to an activating group) is 1. The summed E-state index contributed by atoms with van der Waals surface area (Å²) in [6.07, 6.45) is -0.356. The smallest absolute Gasteiger partial charge is 0.265 e. The maximum Gasteiger partial charge on any atom is 0.265 e. The average molecular weight is 361 g/mol. The van der Waals surface area contributed by atoms with Gasteiger partial charge in [0.1, 0.15) is 5.75 Å². The number of rotatable bonds is 6. The Kier molecular flexibility index (Phi) is 6.42. The van der Waals surface area contributed by atoms with Gasteiger partial charge in [0.05, 0.1) is 6.42 Å². The zero-order valence-corrected chi connectivity index (χ0v) is 15.2. The van der Waals surface area contributed by atoms with Gasteiger partial charge in [-0.15, -0.1) is 0 Å². The molecule has 0 saturated carbocycles. The summed E-state index contributed by atoms with van der Waals surface area (Å²) in [6.45, 7) is 3.56. The zero-order valence-electron chi connectivity index (χ0n) is 14.4. The van der Waals surface area contributed by atoms with Crippen molar-refractivity contribution in [1.82, 2.24) is 5.32 Å². The Morgan fingerprint density at radius 1 is 1.16 bits per heavy atom. The lowest BCUT2D eigenvalue weighted by atomic mass is 10.1.